The van der Waals surface area contributed by atoms with Crippen LogP contribution in [0.1, 0.15) is 26.0 Å². The van der Waals surface area contributed by atoms with Gasteiger partial charge in [-0.15, -0.1) is 0 Å². The lowest BCUT2D eigenvalue weighted by Gasteiger charge is -2.18. The highest BCUT2D eigenvalue weighted by Gasteiger charge is 2.14. The lowest BCUT2D eigenvalue weighted by molar-refractivity contribution is -0.183. The SMILES string of the molecule is CCOC(OCC)n1ccc2c(C)ncnc21. The number of aromatic nitrogens is 3. The largest absolute Gasteiger partial charge is 0.335 e. The standard InChI is InChI=1S/C12H17N3O2/c1-4-16-12(17-5-2)15-7-6-10-9(3)13-8-14-11(10)15/h6-8,12H,4-5H2,1-3H3. The summed E-state index contributed by atoms with van der Waals surface area (Å²) in [5.41, 5.74) is 1.80. The molecule has 2 heterocycles. The third-order valence-corrected chi connectivity index (χ3v) is 2.55. The van der Waals surface area contributed by atoms with Crippen LogP contribution in [-0.2, 0) is 9.47 Å². The molecule has 0 bridgehead atoms. The number of aryl methyl sites for hydroxylation is 1. The maximum atomic E-state index is 5.56. The minimum atomic E-state index is -0.420. The minimum absolute atomic E-state index is 0.420. The van der Waals surface area contributed by atoms with Crippen molar-refractivity contribution in [3.8, 4) is 0 Å². The van der Waals surface area contributed by atoms with Gasteiger partial charge in [0.2, 0.25) is 6.41 Å². The van der Waals surface area contributed by atoms with Gasteiger partial charge in [0, 0.05) is 24.8 Å². The lowest BCUT2D eigenvalue weighted by Crippen LogP contribution is -2.16. The second-order valence-corrected chi connectivity index (χ2v) is 3.64. The van der Waals surface area contributed by atoms with Gasteiger partial charge in [-0.2, -0.15) is 0 Å². The molecule has 0 saturated carbocycles. The van der Waals surface area contributed by atoms with Crippen molar-refractivity contribution in [2.24, 2.45) is 0 Å². The van der Waals surface area contributed by atoms with E-state index in [1.54, 1.807) is 6.33 Å². The zero-order valence-corrected chi connectivity index (χ0v) is 10.4. The summed E-state index contributed by atoms with van der Waals surface area (Å²) in [6.45, 7) is 7.03. The first-order valence-corrected chi connectivity index (χ1v) is 5.79. The molecule has 0 radical (unpaired) electrons. The van der Waals surface area contributed by atoms with Crippen LogP contribution in [0.25, 0.3) is 11.0 Å². The molecular weight excluding hydrogens is 218 g/mol. The molecule has 17 heavy (non-hydrogen) atoms. The maximum Gasteiger partial charge on any atom is 0.245 e. The summed E-state index contributed by atoms with van der Waals surface area (Å²) < 4.78 is 13.0. The molecule has 2 aromatic rings. The lowest BCUT2D eigenvalue weighted by atomic mass is 10.3. The van der Waals surface area contributed by atoms with Crippen molar-refractivity contribution in [2.75, 3.05) is 13.2 Å². The Morgan fingerprint density at radius 1 is 1.24 bits per heavy atom. The average Bonchev–Trinajstić information content (AvgIpc) is 2.74. The van der Waals surface area contributed by atoms with Crippen LogP contribution in [0.5, 0.6) is 0 Å². The van der Waals surface area contributed by atoms with E-state index in [-0.39, 0.29) is 0 Å². The quantitative estimate of drug-likeness (QED) is 0.746. The van der Waals surface area contributed by atoms with Crippen molar-refractivity contribution in [3.63, 3.8) is 0 Å². The number of fused-ring (bicyclic) bond motifs is 1. The molecule has 0 fully saturated rings. The first-order chi connectivity index (χ1) is 8.27. The van der Waals surface area contributed by atoms with E-state index in [2.05, 4.69) is 9.97 Å². The van der Waals surface area contributed by atoms with E-state index in [9.17, 15) is 0 Å². The number of ether oxygens (including phenoxy) is 2. The first kappa shape index (κ1) is 12.0. The molecule has 5 heteroatoms. The van der Waals surface area contributed by atoms with Crippen LogP contribution in [-0.4, -0.2) is 27.7 Å². The van der Waals surface area contributed by atoms with E-state index in [1.807, 2.05) is 37.6 Å². The second-order valence-electron chi connectivity index (χ2n) is 3.64. The fourth-order valence-electron chi connectivity index (χ4n) is 1.76. The summed E-state index contributed by atoms with van der Waals surface area (Å²) in [6, 6.07) is 1.98. The average molecular weight is 235 g/mol. The molecule has 5 nitrogen and oxygen atoms in total. The minimum Gasteiger partial charge on any atom is -0.335 e. The Hall–Kier alpha value is -1.46. The van der Waals surface area contributed by atoms with Gasteiger partial charge in [0.25, 0.3) is 0 Å². The first-order valence-electron chi connectivity index (χ1n) is 5.79. The van der Waals surface area contributed by atoms with Crippen molar-refractivity contribution in [1.29, 1.82) is 0 Å². The highest BCUT2D eigenvalue weighted by molar-refractivity contribution is 5.78. The van der Waals surface area contributed by atoms with Crippen LogP contribution in [0.3, 0.4) is 0 Å². The third kappa shape index (κ3) is 2.30. The summed E-state index contributed by atoms with van der Waals surface area (Å²) in [5, 5.41) is 1.02. The summed E-state index contributed by atoms with van der Waals surface area (Å²) in [7, 11) is 0. The maximum absolute atomic E-state index is 5.56. The molecule has 0 aliphatic rings. The van der Waals surface area contributed by atoms with E-state index in [1.165, 1.54) is 0 Å². The molecule has 0 spiro atoms. The summed E-state index contributed by atoms with van der Waals surface area (Å²) in [5.74, 6) is 0. The smallest absolute Gasteiger partial charge is 0.245 e. The highest BCUT2D eigenvalue weighted by atomic mass is 16.7. The Bertz CT molecular complexity index is 489. The van der Waals surface area contributed by atoms with Gasteiger partial charge in [0.05, 0.1) is 5.69 Å². The number of hydrogen-bond donors (Lipinski definition) is 0. The summed E-state index contributed by atoms with van der Waals surface area (Å²) >= 11 is 0. The predicted molar refractivity (Wildman–Crippen MR) is 64.6 cm³/mol. The van der Waals surface area contributed by atoms with Gasteiger partial charge in [0.1, 0.15) is 12.0 Å². The fraction of sp³-hybridized carbons (Fsp3) is 0.500. The Labute approximate surface area is 100 Å². The van der Waals surface area contributed by atoms with Crippen LogP contribution in [0.15, 0.2) is 18.6 Å². The van der Waals surface area contributed by atoms with Crippen molar-refractivity contribution in [2.45, 2.75) is 27.2 Å². The van der Waals surface area contributed by atoms with Crippen LogP contribution in [0.2, 0.25) is 0 Å². The number of hydrogen-bond acceptors (Lipinski definition) is 4. The molecule has 0 aliphatic heterocycles. The van der Waals surface area contributed by atoms with Crippen molar-refractivity contribution in [3.05, 3.63) is 24.3 Å². The van der Waals surface area contributed by atoms with E-state index >= 15 is 0 Å². The van der Waals surface area contributed by atoms with Gasteiger partial charge in [-0.1, -0.05) is 0 Å². The van der Waals surface area contributed by atoms with Crippen LogP contribution in [0, 0.1) is 6.92 Å². The molecule has 0 saturated heterocycles. The van der Waals surface area contributed by atoms with Crippen molar-refractivity contribution in [1.82, 2.24) is 14.5 Å². The van der Waals surface area contributed by atoms with E-state index in [0.29, 0.717) is 13.2 Å². The molecule has 0 atom stereocenters. The highest BCUT2D eigenvalue weighted by Crippen LogP contribution is 2.21. The van der Waals surface area contributed by atoms with Gasteiger partial charge in [-0.3, -0.25) is 4.57 Å². The number of rotatable bonds is 5. The van der Waals surface area contributed by atoms with Gasteiger partial charge in [-0.25, -0.2) is 9.97 Å². The molecule has 0 amide bonds. The number of nitrogens with zero attached hydrogens (tertiary/aromatic N) is 3. The zero-order valence-electron chi connectivity index (χ0n) is 10.4. The molecule has 0 aromatic carbocycles. The molecule has 2 aromatic heterocycles. The Morgan fingerprint density at radius 3 is 2.59 bits per heavy atom. The van der Waals surface area contributed by atoms with Gasteiger partial charge >= 0.3 is 0 Å². The van der Waals surface area contributed by atoms with Gasteiger partial charge in [-0.05, 0) is 26.8 Å². The van der Waals surface area contributed by atoms with Crippen molar-refractivity contribution < 1.29 is 9.47 Å². The monoisotopic (exact) mass is 235 g/mol. The van der Waals surface area contributed by atoms with E-state index < -0.39 is 6.41 Å². The van der Waals surface area contributed by atoms with Crippen LogP contribution >= 0.6 is 0 Å². The molecule has 2 rings (SSSR count). The normalized spacial score (nSPS) is 11.5. The topological polar surface area (TPSA) is 49.2 Å². The Kier molecular flexibility index (Phi) is 3.71. The van der Waals surface area contributed by atoms with Gasteiger partial charge in [0.15, 0.2) is 0 Å². The molecule has 0 unspecified atom stereocenters. The molecule has 0 aliphatic carbocycles. The van der Waals surface area contributed by atoms with Gasteiger partial charge < -0.3 is 9.47 Å². The molecular formula is C12H17N3O2. The van der Waals surface area contributed by atoms with E-state index in [0.717, 1.165) is 16.7 Å². The van der Waals surface area contributed by atoms with Crippen LogP contribution in [0.4, 0.5) is 0 Å². The fourth-order valence-corrected chi connectivity index (χ4v) is 1.76. The summed E-state index contributed by atoms with van der Waals surface area (Å²) in [6.07, 6.45) is 3.06. The Balaban J connectivity index is 2.42. The molecule has 92 valence electrons. The third-order valence-electron chi connectivity index (χ3n) is 2.55. The predicted octanol–water partition coefficient (Wildman–Crippen LogP) is 2.27. The van der Waals surface area contributed by atoms with E-state index in [4.69, 9.17) is 9.47 Å². The van der Waals surface area contributed by atoms with Crippen molar-refractivity contribution >= 4 is 11.0 Å². The van der Waals surface area contributed by atoms with Crippen LogP contribution < -0.4 is 0 Å². The summed E-state index contributed by atoms with van der Waals surface area (Å²) in [4.78, 5) is 8.45. The molecule has 0 N–H and O–H groups in total. The second kappa shape index (κ2) is 5.25. The zero-order chi connectivity index (χ0) is 12.3. The Morgan fingerprint density at radius 2 is 1.94 bits per heavy atom.